The average Bonchev–Trinajstić information content (AvgIpc) is 2.20. The molecule has 1 aromatic rings. The molecule has 0 bridgehead atoms. The highest BCUT2D eigenvalue weighted by Crippen LogP contribution is 2.09. The number of ether oxygens (including phenoxy) is 1. The lowest BCUT2D eigenvalue weighted by Crippen LogP contribution is -2.31. The van der Waals surface area contributed by atoms with Crippen molar-refractivity contribution in [1.29, 1.82) is 0 Å². The second-order valence-corrected chi connectivity index (χ2v) is 2.98. The molecule has 0 saturated heterocycles. The predicted molar refractivity (Wildman–Crippen MR) is 56.7 cm³/mol. The first kappa shape index (κ1) is 12.0. The Labute approximate surface area is 91.9 Å². The molecule has 0 saturated carbocycles. The van der Waals surface area contributed by atoms with E-state index in [-0.39, 0.29) is 17.8 Å². The van der Waals surface area contributed by atoms with Crippen LogP contribution in [0.1, 0.15) is 0 Å². The van der Waals surface area contributed by atoms with Crippen molar-refractivity contribution < 1.29 is 19.2 Å². The minimum Gasteiger partial charge on any atom is -0.490 e. The molecule has 0 heterocycles. The zero-order valence-electron chi connectivity index (χ0n) is 7.73. The fourth-order valence-corrected chi connectivity index (χ4v) is 1.10. The first-order valence-electron chi connectivity index (χ1n) is 4.18. The molecule has 0 spiro atoms. The van der Waals surface area contributed by atoms with Gasteiger partial charge in [-0.2, -0.15) is 0 Å². The van der Waals surface area contributed by atoms with Gasteiger partial charge in [0, 0.05) is 11.0 Å². The molecule has 2 N–H and O–H groups in total. The molecule has 0 aromatic heterocycles. The summed E-state index contributed by atoms with van der Waals surface area (Å²) >= 11 is 5.28. The molecule has 1 aromatic carbocycles. The van der Waals surface area contributed by atoms with Crippen molar-refractivity contribution >= 4 is 24.2 Å². The Bertz CT molecular complexity index is 357. The molecular weight excluding hydrogens is 221 g/mol. The molecular formula is C9H9BClFO3. The lowest BCUT2D eigenvalue weighted by Gasteiger charge is -2.09. The maximum atomic E-state index is 12.8. The van der Waals surface area contributed by atoms with Gasteiger partial charge in [0.25, 0.3) is 0 Å². The third kappa shape index (κ3) is 3.55. The standard InChI is InChI=1S/C9H9BClFO3/c11-4-1-5-15-9-3-2-7(12)6-8(9)10(13)14/h1-4,6,13-14H,5H2/b4-1+. The zero-order valence-corrected chi connectivity index (χ0v) is 8.49. The monoisotopic (exact) mass is 230 g/mol. The fourth-order valence-electron chi connectivity index (χ4n) is 1.03. The molecule has 15 heavy (non-hydrogen) atoms. The highest BCUT2D eigenvalue weighted by atomic mass is 35.5. The molecule has 0 aliphatic carbocycles. The number of rotatable bonds is 4. The number of hydrogen-bond donors (Lipinski definition) is 2. The molecule has 0 unspecified atom stereocenters. The second kappa shape index (κ2) is 5.75. The molecule has 3 nitrogen and oxygen atoms in total. The van der Waals surface area contributed by atoms with E-state index < -0.39 is 12.9 Å². The van der Waals surface area contributed by atoms with Crippen LogP contribution in [0.4, 0.5) is 4.39 Å². The van der Waals surface area contributed by atoms with Gasteiger partial charge < -0.3 is 14.8 Å². The van der Waals surface area contributed by atoms with E-state index in [0.29, 0.717) is 0 Å². The molecule has 6 heteroatoms. The number of halogens is 2. The summed E-state index contributed by atoms with van der Waals surface area (Å²) in [5.74, 6) is -0.348. The van der Waals surface area contributed by atoms with E-state index in [4.69, 9.17) is 26.4 Å². The van der Waals surface area contributed by atoms with Crippen LogP contribution >= 0.6 is 11.6 Å². The van der Waals surface area contributed by atoms with Crippen LogP contribution in [0, 0.1) is 5.82 Å². The van der Waals surface area contributed by atoms with Crippen molar-refractivity contribution in [3.05, 3.63) is 35.6 Å². The number of hydrogen-bond acceptors (Lipinski definition) is 3. The summed E-state index contributed by atoms with van der Waals surface area (Å²) in [5, 5.41) is 17.9. The SMILES string of the molecule is OB(O)c1cc(F)ccc1OC/C=C/Cl. The van der Waals surface area contributed by atoms with Crippen LogP contribution in [-0.4, -0.2) is 23.8 Å². The molecule has 0 radical (unpaired) electrons. The van der Waals surface area contributed by atoms with Crippen molar-refractivity contribution in [2.24, 2.45) is 0 Å². The van der Waals surface area contributed by atoms with Crippen LogP contribution < -0.4 is 10.2 Å². The van der Waals surface area contributed by atoms with Gasteiger partial charge in [0.1, 0.15) is 18.2 Å². The van der Waals surface area contributed by atoms with Gasteiger partial charge in [0.2, 0.25) is 0 Å². The summed E-state index contributed by atoms with van der Waals surface area (Å²) in [6, 6.07) is 3.50. The van der Waals surface area contributed by atoms with E-state index in [1.165, 1.54) is 23.7 Å². The summed E-state index contributed by atoms with van der Waals surface area (Å²) in [5.41, 5.74) is 1.26. The molecule has 0 fully saturated rings. The molecule has 0 aliphatic rings. The van der Waals surface area contributed by atoms with Crippen LogP contribution in [0.2, 0.25) is 0 Å². The summed E-state index contributed by atoms with van der Waals surface area (Å²) < 4.78 is 17.9. The van der Waals surface area contributed by atoms with Gasteiger partial charge in [-0.15, -0.1) is 0 Å². The minimum atomic E-state index is -1.77. The third-order valence-corrected chi connectivity index (χ3v) is 1.85. The van der Waals surface area contributed by atoms with Crippen molar-refractivity contribution in [1.82, 2.24) is 0 Å². The Morgan fingerprint density at radius 3 is 2.80 bits per heavy atom. The summed E-state index contributed by atoms with van der Waals surface area (Å²) in [4.78, 5) is 0. The van der Waals surface area contributed by atoms with Crippen LogP contribution in [0.5, 0.6) is 5.75 Å². The maximum absolute atomic E-state index is 12.8. The quantitative estimate of drug-likeness (QED) is 0.746. The van der Waals surface area contributed by atoms with Crippen LogP contribution in [0.25, 0.3) is 0 Å². The van der Waals surface area contributed by atoms with Crippen molar-refractivity contribution in [3.63, 3.8) is 0 Å². The van der Waals surface area contributed by atoms with Crippen LogP contribution in [0.3, 0.4) is 0 Å². The van der Waals surface area contributed by atoms with E-state index in [1.54, 1.807) is 0 Å². The van der Waals surface area contributed by atoms with E-state index in [0.717, 1.165) is 6.07 Å². The predicted octanol–water partition coefficient (Wildman–Crippen LogP) is 0.637. The summed E-state index contributed by atoms with van der Waals surface area (Å²) in [7, 11) is -1.77. The topological polar surface area (TPSA) is 49.7 Å². The van der Waals surface area contributed by atoms with E-state index in [2.05, 4.69) is 0 Å². The van der Waals surface area contributed by atoms with Crippen LogP contribution in [0.15, 0.2) is 29.8 Å². The first-order chi connectivity index (χ1) is 7.15. The third-order valence-electron chi connectivity index (χ3n) is 1.67. The smallest absolute Gasteiger partial charge is 0.490 e. The number of benzene rings is 1. The van der Waals surface area contributed by atoms with Crippen molar-refractivity contribution in [2.75, 3.05) is 6.61 Å². The first-order valence-corrected chi connectivity index (χ1v) is 4.62. The highest BCUT2D eigenvalue weighted by Gasteiger charge is 2.17. The van der Waals surface area contributed by atoms with Crippen LogP contribution in [-0.2, 0) is 0 Å². The van der Waals surface area contributed by atoms with Crippen molar-refractivity contribution in [3.8, 4) is 5.75 Å². The zero-order chi connectivity index (χ0) is 11.3. The average molecular weight is 230 g/mol. The largest absolute Gasteiger partial charge is 0.492 e. The van der Waals surface area contributed by atoms with Gasteiger partial charge in [-0.3, -0.25) is 0 Å². The van der Waals surface area contributed by atoms with Crippen molar-refractivity contribution in [2.45, 2.75) is 0 Å². The van der Waals surface area contributed by atoms with E-state index in [9.17, 15) is 4.39 Å². The lowest BCUT2D eigenvalue weighted by atomic mass is 9.79. The van der Waals surface area contributed by atoms with E-state index in [1.807, 2.05) is 0 Å². The Kier molecular flexibility index (Phi) is 4.61. The maximum Gasteiger partial charge on any atom is 0.492 e. The lowest BCUT2D eigenvalue weighted by molar-refractivity contribution is 0.360. The normalized spacial score (nSPS) is 10.7. The molecule has 0 atom stereocenters. The minimum absolute atomic E-state index is 0.0158. The molecule has 0 aliphatic heterocycles. The Morgan fingerprint density at radius 2 is 2.20 bits per heavy atom. The fraction of sp³-hybridized carbons (Fsp3) is 0.111. The second-order valence-electron chi connectivity index (χ2n) is 2.73. The van der Waals surface area contributed by atoms with E-state index >= 15 is 0 Å². The summed E-state index contributed by atoms with van der Waals surface area (Å²) in [6.45, 7) is 0.175. The summed E-state index contributed by atoms with van der Waals surface area (Å²) in [6.07, 6.45) is 1.53. The molecule has 80 valence electrons. The van der Waals surface area contributed by atoms with Gasteiger partial charge in [-0.05, 0) is 24.3 Å². The Morgan fingerprint density at radius 1 is 1.47 bits per heavy atom. The van der Waals surface area contributed by atoms with Gasteiger partial charge in [-0.25, -0.2) is 4.39 Å². The Balaban J connectivity index is 2.85. The molecule has 0 amide bonds. The van der Waals surface area contributed by atoms with Gasteiger partial charge in [0.15, 0.2) is 0 Å². The van der Waals surface area contributed by atoms with Gasteiger partial charge in [0.05, 0.1) is 0 Å². The Hall–Kier alpha value is -1.04. The van der Waals surface area contributed by atoms with Gasteiger partial charge >= 0.3 is 7.12 Å². The molecule has 1 rings (SSSR count). The van der Waals surface area contributed by atoms with Gasteiger partial charge in [-0.1, -0.05) is 11.6 Å². The highest BCUT2D eigenvalue weighted by molar-refractivity contribution is 6.59.